The van der Waals surface area contributed by atoms with Gasteiger partial charge in [0.05, 0.1) is 39.0 Å². The van der Waals surface area contributed by atoms with Gasteiger partial charge in [0, 0.05) is 21.1 Å². The van der Waals surface area contributed by atoms with Crippen molar-refractivity contribution in [3.05, 3.63) is 57.7 Å². The van der Waals surface area contributed by atoms with Crippen molar-refractivity contribution in [2.45, 2.75) is 26.8 Å². The van der Waals surface area contributed by atoms with Gasteiger partial charge in [-0.05, 0) is 56.2 Å². The van der Waals surface area contributed by atoms with Crippen LogP contribution in [0.5, 0.6) is 0 Å². The number of nitrogens with zero attached hydrogens (tertiary/aromatic N) is 1. The molecule has 1 fully saturated rings. The van der Waals surface area contributed by atoms with E-state index in [4.69, 9.17) is 4.74 Å². The molecule has 0 aliphatic carbocycles. The number of fused-ring (bicyclic) bond motifs is 1. The minimum atomic E-state index is -0.514. The number of methoxy groups -OCH3 is 1. The molecular formula is C25H30BrN4O3+. The van der Waals surface area contributed by atoms with Gasteiger partial charge >= 0.3 is 5.97 Å². The van der Waals surface area contributed by atoms with E-state index in [1.54, 1.807) is 0 Å². The van der Waals surface area contributed by atoms with Crippen LogP contribution in [-0.4, -0.2) is 56.2 Å². The summed E-state index contributed by atoms with van der Waals surface area (Å²) in [5, 5.41) is 3.77. The Kier molecular flexibility index (Phi) is 6.76. The van der Waals surface area contributed by atoms with E-state index >= 15 is 0 Å². The standard InChI is InChI=1S/C25H29BrN4O3/c1-15-6-5-7-21(16(15)2)30-12-10-29(11-13-30)17(3)24(31)28-22-19-14-18(26)8-9-20(19)27-23(22)25(32)33-4/h5-9,14,17,27H,10-13H2,1-4H3,(H,28,31)/p+1. The minimum absolute atomic E-state index is 0.115. The molecule has 3 aromatic rings. The van der Waals surface area contributed by atoms with E-state index < -0.39 is 5.97 Å². The fraction of sp³-hybridized carbons (Fsp3) is 0.360. The number of quaternary nitrogens is 1. The van der Waals surface area contributed by atoms with Crippen LogP contribution in [0, 0.1) is 13.8 Å². The number of esters is 1. The number of rotatable bonds is 5. The predicted octanol–water partition coefficient (Wildman–Crippen LogP) is 3.07. The number of carbonyl (C=O) groups excluding carboxylic acids is 2. The predicted molar refractivity (Wildman–Crippen MR) is 134 cm³/mol. The second-order valence-electron chi connectivity index (χ2n) is 8.63. The fourth-order valence-corrected chi connectivity index (χ4v) is 4.87. The highest BCUT2D eigenvalue weighted by Crippen LogP contribution is 2.31. The molecule has 2 heterocycles. The number of nitrogens with one attached hydrogen (secondary N) is 3. The zero-order chi connectivity index (χ0) is 23.7. The molecule has 2 aromatic carbocycles. The van der Waals surface area contributed by atoms with Crippen LogP contribution >= 0.6 is 15.9 Å². The van der Waals surface area contributed by atoms with E-state index in [1.807, 2.05) is 25.1 Å². The van der Waals surface area contributed by atoms with Crippen LogP contribution in [0.2, 0.25) is 0 Å². The van der Waals surface area contributed by atoms with E-state index in [0.29, 0.717) is 5.69 Å². The van der Waals surface area contributed by atoms with E-state index in [1.165, 1.54) is 28.8 Å². The molecule has 0 saturated carbocycles. The Labute approximate surface area is 202 Å². The molecule has 1 aromatic heterocycles. The lowest BCUT2D eigenvalue weighted by Crippen LogP contribution is -3.19. The molecule has 1 atom stereocenters. The number of H-pyrrole nitrogens is 1. The molecule has 0 bridgehead atoms. The zero-order valence-corrected chi connectivity index (χ0v) is 21.0. The van der Waals surface area contributed by atoms with Crippen LogP contribution in [-0.2, 0) is 9.53 Å². The Bertz CT molecular complexity index is 1200. The summed E-state index contributed by atoms with van der Waals surface area (Å²) in [4.78, 5) is 32.3. The Morgan fingerprint density at radius 3 is 2.61 bits per heavy atom. The van der Waals surface area contributed by atoms with Crippen LogP contribution < -0.4 is 15.1 Å². The zero-order valence-electron chi connectivity index (χ0n) is 19.4. The molecular weight excluding hydrogens is 484 g/mol. The molecule has 0 radical (unpaired) electrons. The summed E-state index contributed by atoms with van der Waals surface area (Å²) < 4.78 is 5.79. The van der Waals surface area contributed by atoms with Crippen molar-refractivity contribution in [3.63, 3.8) is 0 Å². The van der Waals surface area contributed by atoms with Crippen molar-refractivity contribution in [1.82, 2.24) is 4.98 Å². The molecule has 1 unspecified atom stereocenters. The maximum absolute atomic E-state index is 13.2. The van der Waals surface area contributed by atoms with Crippen molar-refractivity contribution in [1.29, 1.82) is 0 Å². The van der Waals surface area contributed by atoms with Crippen LogP contribution in [0.1, 0.15) is 28.5 Å². The summed E-state index contributed by atoms with van der Waals surface area (Å²) in [6.45, 7) is 9.77. The number of aromatic nitrogens is 1. The third kappa shape index (κ3) is 4.63. The Morgan fingerprint density at radius 1 is 1.18 bits per heavy atom. The minimum Gasteiger partial charge on any atom is -0.464 e. The number of halogens is 1. The lowest BCUT2D eigenvalue weighted by molar-refractivity contribution is -0.914. The third-order valence-corrected chi connectivity index (χ3v) is 7.22. The number of aryl methyl sites for hydroxylation is 1. The first-order valence-corrected chi connectivity index (χ1v) is 12.0. The number of carbonyl (C=O) groups is 2. The molecule has 4 rings (SSSR count). The number of benzene rings is 2. The average molecular weight is 514 g/mol. The summed E-state index contributed by atoms with van der Waals surface area (Å²) in [6, 6.07) is 11.8. The number of piperazine rings is 1. The molecule has 8 heteroatoms. The third-order valence-electron chi connectivity index (χ3n) is 6.73. The van der Waals surface area contributed by atoms with Crippen molar-refractivity contribution in [3.8, 4) is 0 Å². The molecule has 1 saturated heterocycles. The Hall–Kier alpha value is -2.84. The molecule has 3 N–H and O–H groups in total. The van der Waals surface area contributed by atoms with Gasteiger partial charge in [-0.25, -0.2) is 4.79 Å². The Morgan fingerprint density at radius 2 is 1.91 bits per heavy atom. The maximum Gasteiger partial charge on any atom is 0.356 e. The summed E-state index contributed by atoms with van der Waals surface area (Å²) >= 11 is 3.47. The van der Waals surface area contributed by atoms with Gasteiger partial charge in [0.2, 0.25) is 0 Å². The van der Waals surface area contributed by atoms with E-state index in [-0.39, 0.29) is 17.6 Å². The van der Waals surface area contributed by atoms with E-state index in [2.05, 4.69) is 63.2 Å². The maximum atomic E-state index is 13.2. The van der Waals surface area contributed by atoms with Gasteiger partial charge in [0.15, 0.2) is 6.04 Å². The first-order valence-electron chi connectivity index (χ1n) is 11.2. The number of anilines is 2. The van der Waals surface area contributed by atoms with Crippen molar-refractivity contribution >= 4 is 50.1 Å². The van der Waals surface area contributed by atoms with Crippen molar-refractivity contribution < 1.29 is 19.2 Å². The summed E-state index contributed by atoms with van der Waals surface area (Å²) in [7, 11) is 1.33. The van der Waals surface area contributed by atoms with E-state index in [9.17, 15) is 9.59 Å². The second-order valence-corrected chi connectivity index (χ2v) is 9.55. The average Bonchev–Trinajstić information content (AvgIpc) is 3.17. The molecule has 7 nitrogen and oxygen atoms in total. The Balaban J connectivity index is 1.49. The lowest BCUT2D eigenvalue weighted by atomic mass is 10.1. The smallest absolute Gasteiger partial charge is 0.356 e. The van der Waals surface area contributed by atoms with Gasteiger partial charge in [-0.15, -0.1) is 0 Å². The van der Waals surface area contributed by atoms with Crippen LogP contribution in [0.4, 0.5) is 11.4 Å². The monoisotopic (exact) mass is 513 g/mol. The molecule has 1 amide bonds. The number of aromatic amines is 1. The summed E-state index contributed by atoms with van der Waals surface area (Å²) in [5.74, 6) is -0.629. The van der Waals surface area contributed by atoms with Gasteiger partial charge in [-0.3, -0.25) is 4.79 Å². The van der Waals surface area contributed by atoms with Crippen LogP contribution in [0.25, 0.3) is 10.9 Å². The number of ether oxygens (including phenoxy) is 1. The van der Waals surface area contributed by atoms with Crippen molar-refractivity contribution in [2.24, 2.45) is 0 Å². The molecule has 1 aliphatic heterocycles. The normalized spacial score (nSPS) is 15.5. The van der Waals surface area contributed by atoms with Gasteiger partial charge < -0.3 is 24.8 Å². The number of hydrogen-bond donors (Lipinski definition) is 3. The highest BCUT2D eigenvalue weighted by atomic mass is 79.9. The van der Waals surface area contributed by atoms with Crippen molar-refractivity contribution in [2.75, 3.05) is 43.5 Å². The highest BCUT2D eigenvalue weighted by Gasteiger charge is 2.31. The molecule has 0 spiro atoms. The first kappa shape index (κ1) is 23.3. The highest BCUT2D eigenvalue weighted by molar-refractivity contribution is 9.10. The van der Waals surface area contributed by atoms with Gasteiger partial charge in [0.25, 0.3) is 5.91 Å². The van der Waals surface area contributed by atoms with Gasteiger partial charge in [-0.1, -0.05) is 28.1 Å². The van der Waals surface area contributed by atoms with Crippen LogP contribution in [0.15, 0.2) is 40.9 Å². The summed E-state index contributed by atoms with van der Waals surface area (Å²) in [6.07, 6.45) is 0. The quantitative estimate of drug-likeness (QED) is 0.458. The fourth-order valence-electron chi connectivity index (χ4n) is 4.51. The SMILES string of the molecule is COC(=O)c1[nH]c2ccc(Br)cc2c1NC(=O)C(C)[NH+]1CCN(c2cccc(C)c2C)CC1. The van der Waals surface area contributed by atoms with Gasteiger partial charge in [-0.2, -0.15) is 0 Å². The molecule has 174 valence electrons. The summed E-state index contributed by atoms with van der Waals surface area (Å²) in [5.41, 5.74) is 5.35. The number of amides is 1. The second kappa shape index (κ2) is 9.57. The number of hydrogen-bond acceptors (Lipinski definition) is 4. The van der Waals surface area contributed by atoms with Crippen LogP contribution in [0.3, 0.4) is 0 Å². The van der Waals surface area contributed by atoms with Gasteiger partial charge in [0.1, 0.15) is 5.69 Å². The lowest BCUT2D eigenvalue weighted by Gasteiger charge is -2.36. The molecule has 1 aliphatic rings. The largest absolute Gasteiger partial charge is 0.464 e. The topological polar surface area (TPSA) is 78.9 Å². The first-order chi connectivity index (χ1) is 15.8. The molecule has 33 heavy (non-hydrogen) atoms. The van der Waals surface area contributed by atoms with E-state index in [0.717, 1.165) is 41.6 Å².